The fourth-order valence-corrected chi connectivity index (χ4v) is 3.44. The lowest BCUT2D eigenvalue weighted by molar-refractivity contribution is -0.154. The third-order valence-corrected chi connectivity index (χ3v) is 5.70. The summed E-state index contributed by atoms with van der Waals surface area (Å²) < 4.78 is 5.27. The van der Waals surface area contributed by atoms with Crippen molar-refractivity contribution in [2.75, 3.05) is 6.61 Å². The highest BCUT2D eigenvalue weighted by Gasteiger charge is 2.31. The van der Waals surface area contributed by atoms with Crippen LogP contribution in [-0.4, -0.2) is 29.9 Å². The van der Waals surface area contributed by atoms with E-state index in [9.17, 15) is 19.2 Å². The summed E-state index contributed by atoms with van der Waals surface area (Å²) in [5.41, 5.74) is 1.48. The summed E-state index contributed by atoms with van der Waals surface area (Å²) in [5.74, 6) is -0.745. The van der Waals surface area contributed by atoms with Gasteiger partial charge in [0.05, 0.1) is 12.0 Å². The molecule has 156 valence electrons. The van der Waals surface area contributed by atoms with E-state index in [1.165, 1.54) is 0 Å². The van der Waals surface area contributed by atoms with Gasteiger partial charge in [0.15, 0.2) is 11.6 Å². The molecule has 2 aromatic rings. The zero-order valence-corrected chi connectivity index (χ0v) is 17.6. The van der Waals surface area contributed by atoms with Crippen LogP contribution < -0.4 is 0 Å². The number of rotatable bonds is 8. The van der Waals surface area contributed by atoms with Crippen LogP contribution in [0.3, 0.4) is 0 Å². The highest BCUT2D eigenvalue weighted by molar-refractivity contribution is 6.29. The van der Waals surface area contributed by atoms with Crippen molar-refractivity contribution in [3.63, 3.8) is 0 Å². The van der Waals surface area contributed by atoms with Crippen molar-refractivity contribution < 1.29 is 23.9 Å². The number of esters is 1. The van der Waals surface area contributed by atoms with Crippen molar-refractivity contribution in [1.29, 1.82) is 0 Å². The Labute approximate surface area is 176 Å². The van der Waals surface area contributed by atoms with E-state index in [0.717, 1.165) is 0 Å². The van der Waals surface area contributed by atoms with Crippen LogP contribution in [-0.2, 0) is 20.7 Å². The van der Waals surface area contributed by atoms with Crippen molar-refractivity contribution in [2.45, 2.75) is 46.5 Å². The molecule has 0 amide bonds. The summed E-state index contributed by atoms with van der Waals surface area (Å²) in [5, 5.41) is 0. The summed E-state index contributed by atoms with van der Waals surface area (Å²) in [6.07, 6.45) is 1.41. The van der Waals surface area contributed by atoms with Gasteiger partial charge in [0.2, 0.25) is 0 Å². The first-order valence-corrected chi connectivity index (χ1v) is 10.3. The van der Waals surface area contributed by atoms with Gasteiger partial charge in [0, 0.05) is 35.1 Å². The Kier molecular flexibility index (Phi) is 6.30. The summed E-state index contributed by atoms with van der Waals surface area (Å²) in [6, 6.07) is 11.8. The molecule has 1 aliphatic carbocycles. The van der Waals surface area contributed by atoms with Gasteiger partial charge in [-0.05, 0) is 32.3 Å². The minimum Gasteiger partial charge on any atom is -0.465 e. The number of hydrogen-bond donors (Lipinski definition) is 0. The molecule has 1 aliphatic rings. The SMILES string of the molecule is CCC(C)(C)C(=O)OCCCC(=O)Cc1cccc2c1C(=O)c1ccccc1C2=O. The molecule has 5 heteroatoms. The molecule has 0 fully saturated rings. The van der Waals surface area contributed by atoms with Crippen LogP contribution >= 0.6 is 0 Å². The highest BCUT2D eigenvalue weighted by Crippen LogP contribution is 2.30. The first kappa shape index (κ1) is 21.6. The maximum Gasteiger partial charge on any atom is 0.311 e. The van der Waals surface area contributed by atoms with E-state index in [1.807, 2.05) is 20.8 Å². The normalized spacial score (nSPS) is 12.9. The average molecular weight is 406 g/mol. The number of ether oxygens (including phenoxy) is 1. The zero-order chi connectivity index (χ0) is 21.9. The Morgan fingerprint density at radius 2 is 1.53 bits per heavy atom. The number of carbonyl (C=O) groups is 4. The molecule has 0 N–H and O–H groups in total. The molecular weight excluding hydrogens is 380 g/mol. The maximum absolute atomic E-state index is 13.0. The fraction of sp³-hybridized carbons (Fsp3) is 0.360. The monoisotopic (exact) mass is 406 g/mol. The second-order valence-electron chi connectivity index (χ2n) is 8.24. The molecule has 0 spiro atoms. The Morgan fingerprint density at radius 3 is 2.20 bits per heavy atom. The number of hydrogen-bond acceptors (Lipinski definition) is 5. The van der Waals surface area contributed by atoms with Gasteiger partial charge in [-0.15, -0.1) is 0 Å². The molecule has 30 heavy (non-hydrogen) atoms. The molecule has 0 atom stereocenters. The number of ketones is 3. The minimum absolute atomic E-state index is 0.0618. The fourth-order valence-electron chi connectivity index (χ4n) is 3.44. The molecule has 0 unspecified atom stereocenters. The predicted molar refractivity (Wildman–Crippen MR) is 113 cm³/mol. The molecule has 0 bridgehead atoms. The van der Waals surface area contributed by atoms with Crippen LogP contribution in [0.5, 0.6) is 0 Å². The van der Waals surface area contributed by atoms with Gasteiger partial charge in [-0.2, -0.15) is 0 Å². The Balaban J connectivity index is 1.66. The zero-order valence-electron chi connectivity index (χ0n) is 17.6. The molecule has 3 rings (SSSR count). The van der Waals surface area contributed by atoms with Gasteiger partial charge >= 0.3 is 5.97 Å². The lowest BCUT2D eigenvalue weighted by Crippen LogP contribution is -2.26. The molecule has 0 aromatic heterocycles. The smallest absolute Gasteiger partial charge is 0.311 e. The first-order chi connectivity index (χ1) is 14.3. The van der Waals surface area contributed by atoms with Crippen molar-refractivity contribution >= 4 is 23.3 Å². The Bertz CT molecular complexity index is 1020. The van der Waals surface area contributed by atoms with Crippen LogP contribution in [0.4, 0.5) is 0 Å². The topological polar surface area (TPSA) is 77.5 Å². The van der Waals surface area contributed by atoms with Gasteiger partial charge in [0.25, 0.3) is 0 Å². The van der Waals surface area contributed by atoms with E-state index in [4.69, 9.17) is 4.74 Å². The van der Waals surface area contributed by atoms with Crippen LogP contribution in [0, 0.1) is 5.41 Å². The molecular formula is C25H26O5. The number of benzene rings is 2. The van der Waals surface area contributed by atoms with Crippen LogP contribution in [0.25, 0.3) is 0 Å². The van der Waals surface area contributed by atoms with E-state index in [1.54, 1.807) is 42.5 Å². The number of Topliss-reactive ketones (excluding diaryl/α,β-unsaturated/α-hetero) is 1. The predicted octanol–water partition coefficient (Wildman–Crippen LogP) is 4.33. The standard InChI is InChI=1S/C25H26O5/c1-4-25(2,3)24(29)30-14-8-10-17(26)15-16-9-7-13-20-21(16)23(28)19-12-6-5-11-18(19)22(20)27/h5-7,9,11-13H,4,8,10,14-15H2,1-3H3. The molecule has 5 nitrogen and oxygen atoms in total. The van der Waals surface area contributed by atoms with E-state index < -0.39 is 5.41 Å². The van der Waals surface area contributed by atoms with E-state index in [-0.39, 0.29) is 42.8 Å². The quantitative estimate of drug-likeness (QED) is 0.411. The molecule has 0 radical (unpaired) electrons. The molecule has 0 aliphatic heterocycles. The molecule has 0 saturated heterocycles. The summed E-state index contributed by atoms with van der Waals surface area (Å²) in [7, 11) is 0. The van der Waals surface area contributed by atoms with E-state index >= 15 is 0 Å². The van der Waals surface area contributed by atoms with E-state index in [0.29, 0.717) is 40.7 Å². The van der Waals surface area contributed by atoms with Crippen LogP contribution in [0.15, 0.2) is 42.5 Å². The number of carbonyl (C=O) groups excluding carboxylic acids is 4. The third-order valence-electron chi connectivity index (χ3n) is 5.70. The largest absolute Gasteiger partial charge is 0.465 e. The molecule has 0 saturated carbocycles. The first-order valence-electron chi connectivity index (χ1n) is 10.3. The summed E-state index contributed by atoms with van der Waals surface area (Å²) >= 11 is 0. The van der Waals surface area contributed by atoms with Crippen molar-refractivity contribution in [1.82, 2.24) is 0 Å². The minimum atomic E-state index is -0.531. The second-order valence-corrected chi connectivity index (χ2v) is 8.24. The Morgan fingerprint density at radius 1 is 0.900 bits per heavy atom. The molecule has 2 aromatic carbocycles. The maximum atomic E-state index is 13.0. The van der Waals surface area contributed by atoms with Crippen molar-refractivity contribution in [3.05, 3.63) is 70.3 Å². The van der Waals surface area contributed by atoms with Gasteiger partial charge in [-0.3, -0.25) is 19.2 Å². The van der Waals surface area contributed by atoms with Crippen LogP contribution in [0.1, 0.15) is 77.4 Å². The second kappa shape index (κ2) is 8.74. The van der Waals surface area contributed by atoms with Crippen molar-refractivity contribution in [3.8, 4) is 0 Å². The number of fused-ring (bicyclic) bond motifs is 2. The van der Waals surface area contributed by atoms with E-state index in [2.05, 4.69) is 0 Å². The highest BCUT2D eigenvalue weighted by atomic mass is 16.5. The summed E-state index contributed by atoms with van der Waals surface area (Å²) in [4.78, 5) is 50.3. The van der Waals surface area contributed by atoms with Gasteiger partial charge < -0.3 is 4.74 Å². The van der Waals surface area contributed by atoms with Crippen LogP contribution in [0.2, 0.25) is 0 Å². The summed E-state index contributed by atoms with van der Waals surface area (Å²) in [6.45, 7) is 5.77. The lowest BCUT2D eigenvalue weighted by Gasteiger charge is -2.20. The van der Waals surface area contributed by atoms with Gasteiger partial charge in [-0.25, -0.2) is 0 Å². The van der Waals surface area contributed by atoms with Gasteiger partial charge in [-0.1, -0.05) is 49.4 Å². The van der Waals surface area contributed by atoms with Crippen molar-refractivity contribution in [2.24, 2.45) is 5.41 Å². The lowest BCUT2D eigenvalue weighted by atomic mass is 9.81. The van der Waals surface area contributed by atoms with Gasteiger partial charge in [0.1, 0.15) is 5.78 Å². The molecule has 0 heterocycles. The third kappa shape index (κ3) is 4.25. The average Bonchev–Trinajstić information content (AvgIpc) is 2.74. The Hall–Kier alpha value is -3.08.